The topological polar surface area (TPSA) is 89.7 Å². The molecule has 8 heteroatoms. The minimum Gasteiger partial charge on any atom is -0.441 e. The third kappa shape index (κ3) is 4.75. The number of hydrogen-bond acceptors (Lipinski definition) is 6. The van der Waals surface area contributed by atoms with Gasteiger partial charge in [-0.05, 0) is 25.5 Å². The maximum Gasteiger partial charge on any atom is 0.229 e. The van der Waals surface area contributed by atoms with E-state index in [1.54, 1.807) is 18.9 Å². The number of benzene rings is 1. The van der Waals surface area contributed by atoms with Crippen molar-refractivity contribution >= 4 is 15.7 Å². The predicted octanol–water partition coefficient (Wildman–Crippen LogP) is 1.85. The number of aryl methyl sites for hydroxylation is 1. The summed E-state index contributed by atoms with van der Waals surface area (Å²) in [7, 11) is -1.52. The maximum absolute atomic E-state index is 12.9. The van der Waals surface area contributed by atoms with E-state index in [1.165, 1.54) is 0 Å². The van der Waals surface area contributed by atoms with Crippen molar-refractivity contribution in [1.82, 2.24) is 9.88 Å². The number of nitrogens with zero attached hydrogens (tertiary/aromatic N) is 2. The molecule has 3 rings (SSSR count). The quantitative estimate of drug-likeness (QED) is 0.714. The molecule has 0 N–H and O–H groups in total. The van der Waals surface area contributed by atoms with Gasteiger partial charge in [0.25, 0.3) is 0 Å². The first-order valence-electron chi connectivity index (χ1n) is 8.90. The first-order valence-corrected chi connectivity index (χ1v) is 10.7. The molecule has 0 bridgehead atoms. The summed E-state index contributed by atoms with van der Waals surface area (Å²) in [6.45, 7) is 2.49. The molecule has 0 aliphatic carbocycles. The molecule has 7 nitrogen and oxygen atoms in total. The van der Waals surface area contributed by atoms with Gasteiger partial charge >= 0.3 is 0 Å². The molecule has 2 heterocycles. The van der Waals surface area contributed by atoms with Gasteiger partial charge in [0.2, 0.25) is 11.8 Å². The molecule has 1 saturated heterocycles. The molecule has 0 radical (unpaired) electrons. The summed E-state index contributed by atoms with van der Waals surface area (Å²) in [5.74, 6) is 1.03. The number of amides is 1. The van der Waals surface area contributed by atoms with Gasteiger partial charge in [-0.1, -0.05) is 18.2 Å². The second kappa shape index (κ2) is 8.22. The van der Waals surface area contributed by atoms with Crippen LogP contribution in [-0.2, 0) is 25.8 Å². The van der Waals surface area contributed by atoms with Crippen molar-refractivity contribution in [2.75, 3.05) is 31.8 Å². The molecule has 2 aromatic rings. The first-order chi connectivity index (χ1) is 12.9. The molecular formula is C19H24N2O5S. The molecule has 1 aromatic carbocycles. The van der Waals surface area contributed by atoms with Crippen LogP contribution in [0.4, 0.5) is 0 Å². The Hall–Kier alpha value is -2.19. The minimum atomic E-state index is -3.08. The lowest BCUT2D eigenvalue weighted by Crippen LogP contribution is -2.43. The summed E-state index contributed by atoms with van der Waals surface area (Å²) in [5, 5.41) is 0. The van der Waals surface area contributed by atoms with Gasteiger partial charge in [0.1, 0.15) is 5.76 Å². The summed E-state index contributed by atoms with van der Waals surface area (Å²) in [6.07, 6.45) is 0.535. The first kappa shape index (κ1) is 19.6. The van der Waals surface area contributed by atoms with Crippen molar-refractivity contribution in [3.8, 4) is 11.5 Å². The van der Waals surface area contributed by atoms with E-state index in [2.05, 4.69) is 4.98 Å². The van der Waals surface area contributed by atoms with Crippen molar-refractivity contribution in [2.24, 2.45) is 0 Å². The number of hydrogen-bond donors (Lipinski definition) is 0. The van der Waals surface area contributed by atoms with E-state index < -0.39 is 9.84 Å². The third-order valence-electron chi connectivity index (χ3n) is 4.74. The number of carbonyl (C=O) groups is 1. The summed E-state index contributed by atoms with van der Waals surface area (Å²) < 4.78 is 34.4. The fourth-order valence-corrected chi connectivity index (χ4v) is 4.99. The number of methoxy groups -OCH3 is 1. The van der Waals surface area contributed by atoms with Crippen LogP contribution >= 0.6 is 0 Å². The number of oxazole rings is 1. The van der Waals surface area contributed by atoms with Crippen LogP contribution in [0.5, 0.6) is 0 Å². The highest BCUT2D eigenvalue weighted by Crippen LogP contribution is 2.23. The van der Waals surface area contributed by atoms with Gasteiger partial charge in [0.15, 0.2) is 9.84 Å². The van der Waals surface area contributed by atoms with Gasteiger partial charge in [-0.25, -0.2) is 13.4 Å². The van der Waals surface area contributed by atoms with Gasteiger partial charge in [-0.3, -0.25) is 4.79 Å². The van der Waals surface area contributed by atoms with Gasteiger partial charge in [-0.2, -0.15) is 0 Å². The Morgan fingerprint density at radius 3 is 2.70 bits per heavy atom. The molecule has 146 valence electrons. The fraction of sp³-hybridized carbons (Fsp3) is 0.474. The lowest BCUT2D eigenvalue weighted by atomic mass is 10.1. The molecule has 1 fully saturated rings. The van der Waals surface area contributed by atoms with Crippen LogP contribution in [0.2, 0.25) is 0 Å². The third-order valence-corrected chi connectivity index (χ3v) is 6.49. The Bertz CT molecular complexity index is 892. The van der Waals surface area contributed by atoms with Crippen LogP contribution in [0.1, 0.15) is 17.9 Å². The predicted molar refractivity (Wildman–Crippen MR) is 101 cm³/mol. The second-order valence-electron chi connectivity index (χ2n) is 6.70. The molecule has 1 unspecified atom stereocenters. The average Bonchev–Trinajstić information content (AvgIpc) is 3.18. The number of sulfone groups is 1. The fourth-order valence-electron chi connectivity index (χ4n) is 3.26. The lowest BCUT2D eigenvalue weighted by molar-refractivity contribution is -0.133. The van der Waals surface area contributed by atoms with Crippen molar-refractivity contribution in [3.05, 3.63) is 41.8 Å². The monoisotopic (exact) mass is 392 g/mol. The van der Waals surface area contributed by atoms with Crippen molar-refractivity contribution in [3.63, 3.8) is 0 Å². The summed E-state index contributed by atoms with van der Waals surface area (Å²) >= 11 is 0. The van der Waals surface area contributed by atoms with E-state index in [4.69, 9.17) is 9.15 Å². The highest BCUT2D eigenvalue weighted by atomic mass is 32.2. The minimum absolute atomic E-state index is 0.00944. The zero-order valence-corrected chi connectivity index (χ0v) is 16.4. The molecule has 0 saturated carbocycles. The standard InChI is InChI=1S/C19H24N2O5S/c1-14-17(20-19(26-14)15-6-4-3-5-7-15)12-18(22)21(9-10-25-2)16-8-11-27(23,24)13-16/h3-7,16H,8-13H2,1-2H3. The Morgan fingerprint density at radius 1 is 1.33 bits per heavy atom. The summed E-state index contributed by atoms with van der Waals surface area (Å²) in [5.41, 5.74) is 1.42. The normalized spacial score (nSPS) is 18.5. The average molecular weight is 392 g/mol. The van der Waals surface area contributed by atoms with Crippen LogP contribution in [0, 0.1) is 6.92 Å². The second-order valence-corrected chi connectivity index (χ2v) is 8.93. The number of rotatable bonds is 7. The number of ether oxygens (including phenoxy) is 1. The zero-order chi connectivity index (χ0) is 19.4. The van der Waals surface area contributed by atoms with E-state index in [0.717, 1.165) is 5.56 Å². The molecule has 1 aliphatic rings. The molecular weight excluding hydrogens is 368 g/mol. The Balaban J connectivity index is 1.76. The molecule has 1 aromatic heterocycles. The van der Waals surface area contributed by atoms with Crippen LogP contribution < -0.4 is 0 Å². The number of carbonyl (C=O) groups excluding carboxylic acids is 1. The SMILES string of the molecule is COCCN(C(=O)Cc1nc(-c2ccccc2)oc1C)C1CCS(=O)(=O)C1. The Kier molecular flexibility index (Phi) is 5.96. The van der Waals surface area contributed by atoms with E-state index in [9.17, 15) is 13.2 Å². The number of aromatic nitrogens is 1. The molecule has 1 amide bonds. The van der Waals surface area contributed by atoms with Gasteiger partial charge < -0.3 is 14.1 Å². The smallest absolute Gasteiger partial charge is 0.229 e. The lowest BCUT2D eigenvalue weighted by Gasteiger charge is -2.28. The molecule has 1 atom stereocenters. The van der Waals surface area contributed by atoms with Crippen molar-refractivity contribution < 1.29 is 22.4 Å². The van der Waals surface area contributed by atoms with Crippen LogP contribution in [0.3, 0.4) is 0 Å². The van der Waals surface area contributed by atoms with Crippen LogP contribution in [0.15, 0.2) is 34.7 Å². The van der Waals surface area contributed by atoms with Crippen molar-refractivity contribution in [2.45, 2.75) is 25.8 Å². The Morgan fingerprint density at radius 2 is 2.07 bits per heavy atom. The van der Waals surface area contributed by atoms with E-state index >= 15 is 0 Å². The maximum atomic E-state index is 12.9. The van der Waals surface area contributed by atoms with Crippen LogP contribution in [0.25, 0.3) is 11.5 Å². The zero-order valence-electron chi connectivity index (χ0n) is 15.6. The van der Waals surface area contributed by atoms with Gasteiger partial charge in [0, 0.05) is 25.3 Å². The summed E-state index contributed by atoms with van der Waals surface area (Å²) in [6, 6.07) is 9.18. The molecule has 1 aliphatic heterocycles. The van der Waals surface area contributed by atoms with Gasteiger partial charge in [0.05, 0.1) is 30.2 Å². The van der Waals surface area contributed by atoms with E-state index in [-0.39, 0.29) is 29.9 Å². The molecule has 0 spiro atoms. The van der Waals surface area contributed by atoms with Gasteiger partial charge in [-0.15, -0.1) is 0 Å². The highest BCUT2D eigenvalue weighted by Gasteiger charge is 2.34. The van der Waals surface area contributed by atoms with E-state index in [1.807, 2.05) is 30.3 Å². The Labute approximate surface area is 159 Å². The largest absolute Gasteiger partial charge is 0.441 e. The molecule has 27 heavy (non-hydrogen) atoms. The van der Waals surface area contributed by atoms with E-state index in [0.29, 0.717) is 36.9 Å². The van der Waals surface area contributed by atoms with Crippen molar-refractivity contribution in [1.29, 1.82) is 0 Å². The van der Waals surface area contributed by atoms with Crippen LogP contribution in [-0.4, -0.2) is 62.0 Å². The summed E-state index contributed by atoms with van der Waals surface area (Å²) in [4.78, 5) is 19.0. The highest BCUT2D eigenvalue weighted by molar-refractivity contribution is 7.91.